The molecule has 0 aliphatic rings. The summed E-state index contributed by atoms with van der Waals surface area (Å²) in [6, 6.07) is 10.8. The molecule has 0 fully saturated rings. The summed E-state index contributed by atoms with van der Waals surface area (Å²) in [7, 11) is 0. The van der Waals surface area contributed by atoms with E-state index in [-0.39, 0.29) is 5.56 Å². The van der Waals surface area contributed by atoms with Crippen LogP contribution in [-0.2, 0) is 0 Å². The molecule has 0 bridgehead atoms. The number of nitrogens with one attached hydrogen (secondary N) is 1. The molecule has 0 atom stereocenters. The summed E-state index contributed by atoms with van der Waals surface area (Å²) < 4.78 is 18.8. The first-order chi connectivity index (χ1) is 9.77. The number of hydrogen-bond donors (Lipinski definition) is 1. The predicted molar refractivity (Wildman–Crippen MR) is 73.1 cm³/mol. The van der Waals surface area contributed by atoms with Crippen LogP contribution in [0.4, 0.5) is 4.39 Å². The van der Waals surface area contributed by atoms with E-state index in [1.807, 2.05) is 30.3 Å². The molecule has 0 radical (unpaired) electrons. The van der Waals surface area contributed by atoms with Crippen LogP contribution in [-0.4, -0.2) is 24.0 Å². The lowest BCUT2D eigenvalue weighted by molar-refractivity contribution is 0.0947. The molecular formula is C15H15FN2O2. The molecule has 0 unspecified atom stereocenters. The quantitative estimate of drug-likeness (QED) is 0.823. The number of hydrogen-bond acceptors (Lipinski definition) is 3. The fourth-order valence-corrected chi connectivity index (χ4v) is 1.64. The molecule has 4 nitrogen and oxygen atoms in total. The van der Waals surface area contributed by atoms with E-state index in [0.717, 1.165) is 11.9 Å². The van der Waals surface area contributed by atoms with Crippen LogP contribution < -0.4 is 10.1 Å². The van der Waals surface area contributed by atoms with Gasteiger partial charge in [0.1, 0.15) is 5.75 Å². The van der Waals surface area contributed by atoms with Crippen molar-refractivity contribution < 1.29 is 13.9 Å². The lowest BCUT2D eigenvalue weighted by Gasteiger charge is -2.07. The molecule has 1 heterocycles. The van der Waals surface area contributed by atoms with Crippen molar-refractivity contribution in [3.05, 3.63) is 60.2 Å². The van der Waals surface area contributed by atoms with E-state index in [4.69, 9.17) is 4.74 Å². The van der Waals surface area contributed by atoms with Crippen LogP contribution in [0.15, 0.2) is 48.8 Å². The number of amides is 1. The highest BCUT2D eigenvalue weighted by Crippen LogP contribution is 2.08. The average molecular weight is 274 g/mol. The molecule has 0 aliphatic heterocycles. The molecule has 2 aromatic rings. The first-order valence-electron chi connectivity index (χ1n) is 6.33. The van der Waals surface area contributed by atoms with Gasteiger partial charge < -0.3 is 10.1 Å². The van der Waals surface area contributed by atoms with Gasteiger partial charge in [-0.2, -0.15) is 0 Å². The minimum atomic E-state index is -0.620. The predicted octanol–water partition coefficient (Wildman–Crippen LogP) is 2.42. The molecule has 5 heteroatoms. The molecule has 1 N–H and O–H groups in total. The van der Waals surface area contributed by atoms with E-state index in [0.29, 0.717) is 19.6 Å². The van der Waals surface area contributed by atoms with Crippen LogP contribution in [0.5, 0.6) is 5.75 Å². The molecular weight excluding hydrogens is 259 g/mol. The Kier molecular flexibility index (Phi) is 5.06. The monoisotopic (exact) mass is 274 g/mol. The fourth-order valence-electron chi connectivity index (χ4n) is 1.64. The van der Waals surface area contributed by atoms with E-state index < -0.39 is 11.7 Å². The third kappa shape index (κ3) is 4.05. The van der Waals surface area contributed by atoms with E-state index in [1.165, 1.54) is 12.3 Å². The Balaban J connectivity index is 1.69. The maximum absolute atomic E-state index is 13.3. The number of benzene rings is 1. The summed E-state index contributed by atoms with van der Waals surface area (Å²) in [5, 5.41) is 2.64. The summed E-state index contributed by atoms with van der Waals surface area (Å²) in [5.41, 5.74) is 0.00368. The summed E-state index contributed by atoms with van der Waals surface area (Å²) in [5.74, 6) is -0.269. The van der Waals surface area contributed by atoms with Gasteiger partial charge >= 0.3 is 0 Å². The number of carbonyl (C=O) groups is 1. The van der Waals surface area contributed by atoms with E-state index in [1.54, 1.807) is 0 Å². The van der Waals surface area contributed by atoms with Crippen molar-refractivity contribution in [2.24, 2.45) is 0 Å². The van der Waals surface area contributed by atoms with Crippen LogP contribution in [0, 0.1) is 5.82 Å². The molecule has 1 amide bonds. The zero-order valence-corrected chi connectivity index (χ0v) is 10.9. The van der Waals surface area contributed by atoms with E-state index in [9.17, 15) is 9.18 Å². The van der Waals surface area contributed by atoms with Crippen LogP contribution in [0.3, 0.4) is 0 Å². The highest BCUT2D eigenvalue weighted by Gasteiger charge is 2.09. The van der Waals surface area contributed by atoms with Gasteiger partial charge in [-0.3, -0.25) is 9.78 Å². The molecule has 2 rings (SSSR count). The maximum atomic E-state index is 13.3. The zero-order valence-electron chi connectivity index (χ0n) is 10.9. The van der Waals surface area contributed by atoms with Gasteiger partial charge in [-0.15, -0.1) is 0 Å². The number of carbonyl (C=O) groups excluding carboxylic acids is 1. The zero-order chi connectivity index (χ0) is 14.2. The van der Waals surface area contributed by atoms with Gasteiger partial charge in [-0.05, 0) is 24.6 Å². The first-order valence-corrected chi connectivity index (χ1v) is 6.33. The van der Waals surface area contributed by atoms with E-state index >= 15 is 0 Å². The summed E-state index contributed by atoms with van der Waals surface area (Å²) in [4.78, 5) is 15.3. The van der Waals surface area contributed by atoms with Gasteiger partial charge in [-0.25, -0.2) is 4.39 Å². The largest absolute Gasteiger partial charge is 0.494 e. The van der Waals surface area contributed by atoms with Gasteiger partial charge in [0, 0.05) is 12.7 Å². The van der Waals surface area contributed by atoms with Crippen molar-refractivity contribution >= 4 is 5.91 Å². The van der Waals surface area contributed by atoms with Gasteiger partial charge in [-0.1, -0.05) is 18.2 Å². The highest BCUT2D eigenvalue weighted by atomic mass is 19.1. The summed E-state index contributed by atoms with van der Waals surface area (Å²) in [6.45, 7) is 0.913. The van der Waals surface area contributed by atoms with Crippen molar-refractivity contribution in [3.8, 4) is 5.75 Å². The standard InChI is InChI=1S/C15H15FN2O2/c16-14-11-17-9-7-13(14)15(19)18-8-4-10-20-12-5-2-1-3-6-12/h1-3,5-7,9,11H,4,8,10H2,(H,18,19). The molecule has 20 heavy (non-hydrogen) atoms. The van der Waals surface area contributed by atoms with Crippen LogP contribution >= 0.6 is 0 Å². The molecule has 0 saturated heterocycles. The summed E-state index contributed by atoms with van der Waals surface area (Å²) >= 11 is 0. The number of rotatable bonds is 6. The third-order valence-electron chi connectivity index (χ3n) is 2.64. The third-order valence-corrected chi connectivity index (χ3v) is 2.64. The Labute approximate surface area is 116 Å². The second-order valence-corrected chi connectivity index (χ2v) is 4.13. The Bertz CT molecular complexity index is 561. The second-order valence-electron chi connectivity index (χ2n) is 4.13. The van der Waals surface area contributed by atoms with Gasteiger partial charge in [0.15, 0.2) is 5.82 Å². The number of nitrogens with zero attached hydrogens (tertiary/aromatic N) is 1. The number of para-hydroxylation sites is 1. The summed E-state index contributed by atoms with van der Waals surface area (Å²) in [6.07, 6.45) is 3.05. The Morgan fingerprint density at radius 1 is 1.25 bits per heavy atom. The maximum Gasteiger partial charge on any atom is 0.254 e. The number of pyridine rings is 1. The Morgan fingerprint density at radius 3 is 2.80 bits per heavy atom. The lowest BCUT2D eigenvalue weighted by atomic mass is 10.2. The number of aromatic nitrogens is 1. The fraction of sp³-hybridized carbons (Fsp3) is 0.200. The highest BCUT2D eigenvalue weighted by molar-refractivity contribution is 5.94. The van der Waals surface area contributed by atoms with Gasteiger partial charge in [0.2, 0.25) is 0 Å². The van der Waals surface area contributed by atoms with Gasteiger partial charge in [0.05, 0.1) is 18.4 Å². The van der Waals surface area contributed by atoms with Crippen molar-refractivity contribution in [2.75, 3.05) is 13.2 Å². The molecule has 104 valence electrons. The molecule has 1 aromatic heterocycles. The van der Waals surface area contributed by atoms with Gasteiger partial charge in [0.25, 0.3) is 5.91 Å². The molecule has 0 aliphatic carbocycles. The second kappa shape index (κ2) is 7.23. The normalized spacial score (nSPS) is 10.1. The minimum absolute atomic E-state index is 0.00368. The van der Waals surface area contributed by atoms with Crippen LogP contribution in [0.1, 0.15) is 16.8 Å². The first kappa shape index (κ1) is 14.0. The molecule has 1 aromatic carbocycles. The topological polar surface area (TPSA) is 51.2 Å². The van der Waals surface area contributed by atoms with Crippen molar-refractivity contribution in [3.63, 3.8) is 0 Å². The van der Waals surface area contributed by atoms with Crippen LogP contribution in [0.2, 0.25) is 0 Å². The van der Waals surface area contributed by atoms with Crippen molar-refractivity contribution in [1.82, 2.24) is 10.3 Å². The smallest absolute Gasteiger partial charge is 0.254 e. The minimum Gasteiger partial charge on any atom is -0.494 e. The number of ether oxygens (including phenoxy) is 1. The van der Waals surface area contributed by atoms with E-state index in [2.05, 4.69) is 10.3 Å². The Hall–Kier alpha value is -2.43. The SMILES string of the molecule is O=C(NCCCOc1ccccc1)c1ccncc1F. The number of halogens is 1. The molecule has 0 spiro atoms. The van der Waals surface area contributed by atoms with Crippen molar-refractivity contribution in [1.29, 1.82) is 0 Å². The molecule has 0 saturated carbocycles. The van der Waals surface area contributed by atoms with Crippen LogP contribution in [0.25, 0.3) is 0 Å². The Morgan fingerprint density at radius 2 is 2.05 bits per heavy atom. The lowest BCUT2D eigenvalue weighted by Crippen LogP contribution is -2.26. The van der Waals surface area contributed by atoms with Crippen molar-refractivity contribution in [2.45, 2.75) is 6.42 Å². The average Bonchev–Trinajstić information content (AvgIpc) is 2.48.